The lowest BCUT2D eigenvalue weighted by atomic mass is 9.96. The van der Waals surface area contributed by atoms with Crippen LogP contribution in [0.15, 0.2) is 35.5 Å². The summed E-state index contributed by atoms with van der Waals surface area (Å²) in [5.41, 5.74) is 2.61. The molecule has 0 spiro atoms. The van der Waals surface area contributed by atoms with Gasteiger partial charge in [-0.2, -0.15) is 0 Å². The van der Waals surface area contributed by atoms with Crippen molar-refractivity contribution in [2.75, 3.05) is 45.3 Å². The van der Waals surface area contributed by atoms with Gasteiger partial charge in [0.25, 0.3) is 5.91 Å². The van der Waals surface area contributed by atoms with Crippen molar-refractivity contribution in [3.8, 4) is 0 Å². The molecule has 1 aromatic carbocycles. The van der Waals surface area contributed by atoms with Crippen molar-refractivity contribution in [3.05, 3.63) is 47.2 Å². The first-order chi connectivity index (χ1) is 16.9. The molecule has 35 heavy (non-hydrogen) atoms. The summed E-state index contributed by atoms with van der Waals surface area (Å²) >= 11 is 1.57. The molecule has 0 atom stereocenters. The fourth-order valence-corrected chi connectivity index (χ4v) is 4.87. The topological polar surface area (TPSA) is 84.9 Å². The Morgan fingerprint density at radius 3 is 2.49 bits per heavy atom. The lowest BCUT2D eigenvalue weighted by molar-refractivity contribution is -0.149. The number of benzene rings is 1. The van der Waals surface area contributed by atoms with E-state index in [1.807, 2.05) is 49.2 Å². The Morgan fingerprint density at radius 2 is 1.86 bits per heavy atom. The number of thioether (sulfide) groups is 1. The number of aromatic nitrogens is 2. The minimum Gasteiger partial charge on any atom is -0.466 e. The second kappa shape index (κ2) is 13.4. The molecule has 2 aromatic rings. The number of carbonyl (C=O) groups is 2. The first kappa shape index (κ1) is 26.9. The Morgan fingerprint density at radius 1 is 1.14 bits per heavy atom. The van der Waals surface area contributed by atoms with Gasteiger partial charge in [0.15, 0.2) is 5.16 Å². The lowest BCUT2D eigenvalue weighted by Crippen LogP contribution is -2.40. The van der Waals surface area contributed by atoms with Crippen molar-refractivity contribution in [3.63, 3.8) is 0 Å². The maximum Gasteiger partial charge on any atom is 0.309 e. The molecule has 0 aliphatic carbocycles. The Kier molecular flexibility index (Phi) is 10.3. The fourth-order valence-electron chi connectivity index (χ4n) is 4.04. The van der Waals surface area contributed by atoms with E-state index in [1.54, 1.807) is 18.9 Å². The summed E-state index contributed by atoms with van der Waals surface area (Å²) in [7, 11) is 3.70. The standard InChI is InChI=1S/C26H36N4O4S/c1-5-13-29(3)23-16-22(17-33-4)27-26(28-23)35-18-19-7-9-20(10-8-19)24(31)30-14-11-21(12-15-30)25(32)34-6-2/h7-10,16,21H,5-6,11-15,17-18H2,1-4H3. The van der Waals surface area contributed by atoms with Crippen molar-refractivity contribution >= 4 is 29.5 Å². The van der Waals surface area contributed by atoms with Gasteiger partial charge in [-0.1, -0.05) is 30.8 Å². The molecular weight excluding hydrogens is 464 g/mol. The Hall–Kier alpha value is -2.65. The molecule has 0 unspecified atom stereocenters. The van der Waals surface area contributed by atoms with Crippen LogP contribution < -0.4 is 4.90 Å². The van der Waals surface area contributed by atoms with Gasteiger partial charge >= 0.3 is 5.97 Å². The second-order valence-electron chi connectivity index (χ2n) is 8.66. The first-order valence-electron chi connectivity index (χ1n) is 12.2. The predicted octanol–water partition coefficient (Wildman–Crippen LogP) is 4.18. The number of methoxy groups -OCH3 is 1. The van der Waals surface area contributed by atoms with Crippen LogP contribution in [-0.2, 0) is 26.6 Å². The average Bonchev–Trinajstić information content (AvgIpc) is 2.88. The zero-order chi connectivity index (χ0) is 25.2. The van der Waals surface area contributed by atoms with Crippen LogP contribution in [0, 0.1) is 5.92 Å². The van der Waals surface area contributed by atoms with E-state index in [9.17, 15) is 9.59 Å². The number of carbonyl (C=O) groups excluding carboxylic acids is 2. The number of piperidine rings is 1. The van der Waals surface area contributed by atoms with Gasteiger partial charge in [0.05, 0.1) is 24.8 Å². The minimum absolute atomic E-state index is 0.00529. The molecule has 3 rings (SSSR count). The van der Waals surface area contributed by atoms with Crippen LogP contribution in [0.25, 0.3) is 0 Å². The normalized spacial score (nSPS) is 14.1. The number of anilines is 1. The zero-order valence-corrected chi connectivity index (χ0v) is 22.0. The van der Waals surface area contributed by atoms with Gasteiger partial charge in [0, 0.05) is 51.2 Å². The van der Waals surface area contributed by atoms with Crippen molar-refractivity contribution in [2.24, 2.45) is 5.92 Å². The minimum atomic E-state index is -0.151. The van der Waals surface area contributed by atoms with E-state index in [4.69, 9.17) is 14.5 Å². The number of hydrogen-bond acceptors (Lipinski definition) is 8. The number of likely N-dealkylation sites (tertiary alicyclic amines) is 1. The monoisotopic (exact) mass is 500 g/mol. The third kappa shape index (κ3) is 7.67. The highest BCUT2D eigenvalue weighted by Crippen LogP contribution is 2.24. The van der Waals surface area contributed by atoms with Crippen LogP contribution in [-0.4, -0.2) is 67.1 Å². The highest BCUT2D eigenvalue weighted by molar-refractivity contribution is 7.98. The van der Waals surface area contributed by atoms with E-state index in [2.05, 4.69) is 16.8 Å². The molecule has 1 aliphatic rings. The Bertz CT molecular complexity index is 978. The summed E-state index contributed by atoms with van der Waals surface area (Å²) in [4.78, 5) is 38.1. The van der Waals surface area contributed by atoms with Crippen molar-refractivity contribution in [2.45, 2.75) is 50.6 Å². The molecule has 8 nitrogen and oxygen atoms in total. The molecule has 1 fully saturated rings. The zero-order valence-electron chi connectivity index (χ0n) is 21.2. The van der Waals surface area contributed by atoms with Gasteiger partial charge in [-0.15, -0.1) is 0 Å². The van der Waals surface area contributed by atoms with Crippen LogP contribution in [0.2, 0.25) is 0 Å². The summed E-state index contributed by atoms with van der Waals surface area (Å²) in [6.45, 7) is 6.86. The summed E-state index contributed by atoms with van der Waals surface area (Å²) in [5, 5.41) is 0.710. The number of hydrogen-bond donors (Lipinski definition) is 0. The van der Waals surface area contributed by atoms with E-state index in [0.717, 1.165) is 30.0 Å². The summed E-state index contributed by atoms with van der Waals surface area (Å²) < 4.78 is 10.4. The predicted molar refractivity (Wildman–Crippen MR) is 138 cm³/mol. The van der Waals surface area contributed by atoms with E-state index in [1.165, 1.54) is 0 Å². The number of nitrogens with zero attached hydrogens (tertiary/aromatic N) is 4. The van der Waals surface area contributed by atoms with Gasteiger partial charge in [-0.3, -0.25) is 9.59 Å². The molecule has 0 N–H and O–H groups in total. The van der Waals surface area contributed by atoms with E-state index < -0.39 is 0 Å². The lowest BCUT2D eigenvalue weighted by Gasteiger charge is -2.31. The molecule has 0 bridgehead atoms. The van der Waals surface area contributed by atoms with Gasteiger partial charge in [0.1, 0.15) is 5.82 Å². The van der Waals surface area contributed by atoms with Gasteiger partial charge < -0.3 is 19.3 Å². The molecule has 0 radical (unpaired) electrons. The molecule has 1 aromatic heterocycles. The van der Waals surface area contributed by atoms with Crippen LogP contribution >= 0.6 is 11.8 Å². The maximum atomic E-state index is 12.9. The smallest absolute Gasteiger partial charge is 0.309 e. The van der Waals surface area contributed by atoms with Crippen LogP contribution in [0.1, 0.15) is 54.7 Å². The molecule has 1 aliphatic heterocycles. The number of amides is 1. The third-order valence-electron chi connectivity index (χ3n) is 5.96. The van der Waals surface area contributed by atoms with Gasteiger partial charge in [0.2, 0.25) is 0 Å². The maximum absolute atomic E-state index is 12.9. The van der Waals surface area contributed by atoms with Crippen molar-refractivity contribution in [1.29, 1.82) is 0 Å². The van der Waals surface area contributed by atoms with Crippen LogP contribution in [0.5, 0.6) is 0 Å². The highest BCUT2D eigenvalue weighted by Gasteiger charge is 2.28. The van der Waals surface area contributed by atoms with Gasteiger partial charge in [-0.25, -0.2) is 9.97 Å². The quantitative estimate of drug-likeness (QED) is 0.258. The number of ether oxygens (including phenoxy) is 2. The first-order valence-corrected chi connectivity index (χ1v) is 13.2. The molecular formula is C26H36N4O4S. The average molecular weight is 501 g/mol. The molecule has 1 saturated heterocycles. The summed E-state index contributed by atoms with van der Waals surface area (Å²) in [6, 6.07) is 9.68. The number of rotatable bonds is 11. The Balaban J connectivity index is 1.58. The summed E-state index contributed by atoms with van der Waals surface area (Å²) in [5.74, 6) is 1.34. The van der Waals surface area contributed by atoms with Crippen molar-refractivity contribution in [1.82, 2.24) is 14.9 Å². The molecule has 0 saturated carbocycles. The SMILES string of the molecule is CCCN(C)c1cc(COC)nc(SCc2ccc(C(=O)N3CCC(C(=O)OCC)CC3)cc2)n1. The second-order valence-corrected chi connectivity index (χ2v) is 9.60. The van der Waals surface area contributed by atoms with Gasteiger partial charge in [-0.05, 0) is 43.9 Å². The van der Waals surface area contributed by atoms with Crippen LogP contribution in [0.4, 0.5) is 5.82 Å². The largest absolute Gasteiger partial charge is 0.466 e. The fraction of sp³-hybridized carbons (Fsp3) is 0.538. The van der Waals surface area contributed by atoms with E-state index in [0.29, 0.717) is 55.6 Å². The van der Waals surface area contributed by atoms with E-state index in [-0.39, 0.29) is 17.8 Å². The Labute approximate surface area is 212 Å². The molecule has 2 heterocycles. The molecule has 190 valence electrons. The molecule has 1 amide bonds. The highest BCUT2D eigenvalue weighted by atomic mass is 32.2. The van der Waals surface area contributed by atoms with Crippen molar-refractivity contribution < 1.29 is 19.1 Å². The number of esters is 1. The molecule has 9 heteroatoms. The van der Waals surface area contributed by atoms with Crippen LogP contribution in [0.3, 0.4) is 0 Å². The summed E-state index contributed by atoms with van der Waals surface area (Å²) in [6.07, 6.45) is 2.34. The van der Waals surface area contributed by atoms with E-state index >= 15 is 0 Å². The third-order valence-corrected chi connectivity index (χ3v) is 6.88.